The Morgan fingerprint density at radius 3 is 1.64 bits per heavy atom. The molecule has 0 aliphatic carbocycles. The van der Waals surface area contributed by atoms with Gasteiger partial charge < -0.3 is 14.6 Å². The molecule has 4 atom stereocenters. The van der Waals surface area contributed by atoms with Gasteiger partial charge in [0.05, 0.1) is 0 Å². The largest absolute Gasteiger partial charge is 0.507 e. The fourth-order valence-corrected chi connectivity index (χ4v) is 8.24. The van der Waals surface area contributed by atoms with E-state index in [0.717, 1.165) is 29.5 Å². The van der Waals surface area contributed by atoms with E-state index in [4.69, 9.17) is 9.47 Å². The highest BCUT2D eigenvalue weighted by Crippen LogP contribution is 2.45. The number of hydrogen-bond donors (Lipinski definition) is 1. The molecule has 2 fully saturated rings. The smallest absolute Gasteiger partial charge is 0.321 e. The Bertz CT molecular complexity index is 1250. The standard InChI is InChI=1S/C41H70N2O5.C2H6/c1-17-18-19-30(27-21-31(37(3,4)5)34(44)32(22-27)38(6,7)8)33(35(45)47-28-20-26(2)42(15)39(9,10)23-28)36(46)48-29-24-40(11,12)43(16)41(13,14)25-29;1-2/h21-22,26,28-30,33,44H,17-20,23-25H2,1-16H3;1-2H3. The summed E-state index contributed by atoms with van der Waals surface area (Å²) in [5.41, 5.74) is 1.30. The van der Waals surface area contributed by atoms with Gasteiger partial charge in [0.1, 0.15) is 18.0 Å². The third kappa shape index (κ3) is 10.3. The van der Waals surface area contributed by atoms with Crippen LogP contribution in [0.5, 0.6) is 5.75 Å². The van der Waals surface area contributed by atoms with Crippen molar-refractivity contribution in [2.24, 2.45) is 5.92 Å². The molecule has 1 aromatic rings. The number of benzene rings is 1. The molecule has 7 heteroatoms. The Balaban J connectivity index is 0.00000425. The summed E-state index contributed by atoms with van der Waals surface area (Å²) >= 11 is 0. The lowest BCUT2D eigenvalue weighted by Gasteiger charge is -2.53. The number of piperidine rings is 2. The van der Waals surface area contributed by atoms with Gasteiger partial charge in [0.2, 0.25) is 0 Å². The molecule has 2 aliphatic heterocycles. The van der Waals surface area contributed by atoms with Crippen molar-refractivity contribution in [3.63, 3.8) is 0 Å². The van der Waals surface area contributed by atoms with Crippen molar-refractivity contribution in [3.8, 4) is 5.75 Å². The van der Waals surface area contributed by atoms with Gasteiger partial charge in [-0.05, 0) is 103 Å². The van der Waals surface area contributed by atoms with Crippen LogP contribution in [0.15, 0.2) is 12.1 Å². The number of unbranched alkanes of at least 4 members (excludes halogenated alkanes) is 1. The Kier molecular flexibility index (Phi) is 14.3. The van der Waals surface area contributed by atoms with E-state index in [2.05, 4.69) is 121 Å². The Hall–Kier alpha value is -2.12. The normalized spacial score (nSPS) is 24.0. The molecule has 4 unspecified atom stereocenters. The molecule has 7 nitrogen and oxygen atoms in total. The van der Waals surface area contributed by atoms with Gasteiger partial charge in [0.15, 0.2) is 5.92 Å². The van der Waals surface area contributed by atoms with Gasteiger partial charge in [0.25, 0.3) is 0 Å². The van der Waals surface area contributed by atoms with Crippen LogP contribution in [0.25, 0.3) is 0 Å². The van der Waals surface area contributed by atoms with E-state index in [1.165, 1.54) is 0 Å². The van der Waals surface area contributed by atoms with Gasteiger partial charge >= 0.3 is 11.9 Å². The minimum absolute atomic E-state index is 0.147. The number of likely N-dealkylation sites (tertiary alicyclic amines) is 2. The van der Waals surface area contributed by atoms with Gasteiger partial charge in [0, 0.05) is 47.8 Å². The van der Waals surface area contributed by atoms with Crippen molar-refractivity contribution >= 4 is 11.9 Å². The van der Waals surface area contributed by atoms with Gasteiger partial charge in [-0.25, -0.2) is 0 Å². The monoisotopic (exact) mass is 701 g/mol. The molecule has 0 spiro atoms. The molecule has 0 amide bonds. The zero-order chi connectivity index (χ0) is 38.8. The predicted octanol–water partition coefficient (Wildman–Crippen LogP) is 9.90. The quantitative estimate of drug-likeness (QED) is 0.203. The molecule has 1 N–H and O–H groups in total. The molecular weight excluding hydrogens is 624 g/mol. The second kappa shape index (κ2) is 16.3. The van der Waals surface area contributed by atoms with Crippen molar-refractivity contribution in [2.75, 3.05) is 14.1 Å². The number of rotatable bonds is 9. The fraction of sp³-hybridized carbons (Fsp3) is 0.814. The maximum Gasteiger partial charge on any atom is 0.321 e. The van der Waals surface area contributed by atoms with Crippen LogP contribution >= 0.6 is 0 Å². The fourth-order valence-electron chi connectivity index (χ4n) is 8.24. The Morgan fingerprint density at radius 1 is 0.820 bits per heavy atom. The zero-order valence-electron chi connectivity index (χ0n) is 35.5. The molecule has 2 saturated heterocycles. The van der Waals surface area contributed by atoms with Crippen LogP contribution in [0.3, 0.4) is 0 Å². The number of phenolic OH excluding ortho intramolecular Hbond substituents is 1. The first-order chi connectivity index (χ1) is 22.7. The number of carbonyl (C=O) groups excluding carboxylic acids is 2. The van der Waals surface area contributed by atoms with Gasteiger partial charge in [-0.3, -0.25) is 19.4 Å². The van der Waals surface area contributed by atoms with Crippen LogP contribution in [0.1, 0.15) is 178 Å². The number of nitrogens with zero attached hydrogens (tertiary/aromatic N) is 2. The lowest BCUT2D eigenvalue weighted by atomic mass is 9.74. The number of esters is 2. The average molecular weight is 701 g/mol. The van der Waals surface area contributed by atoms with E-state index in [1.54, 1.807) is 0 Å². The summed E-state index contributed by atoms with van der Waals surface area (Å²) in [5.74, 6) is -2.28. The minimum Gasteiger partial charge on any atom is -0.507 e. The van der Waals surface area contributed by atoms with Crippen LogP contribution in [0, 0.1) is 5.92 Å². The molecule has 2 heterocycles. The SMILES string of the molecule is CC.CCCCC(c1cc(C(C)(C)C)c(O)c(C(C)(C)C)c1)C(C(=O)OC1CC(C)N(C)C(C)(C)C1)C(=O)OC1CC(C)(C)N(C)C(C)(C)C1. The number of hydrogen-bond acceptors (Lipinski definition) is 7. The first-order valence-corrected chi connectivity index (χ1v) is 19.5. The molecule has 1 aromatic carbocycles. The average Bonchev–Trinajstić information content (AvgIpc) is 2.96. The molecule has 3 rings (SSSR count). The van der Waals surface area contributed by atoms with E-state index < -0.39 is 23.8 Å². The number of aromatic hydroxyl groups is 1. The van der Waals surface area contributed by atoms with E-state index in [-0.39, 0.29) is 51.4 Å². The summed E-state index contributed by atoms with van der Waals surface area (Å²) < 4.78 is 12.8. The highest BCUT2D eigenvalue weighted by atomic mass is 16.6. The topological polar surface area (TPSA) is 79.3 Å². The Labute approximate surface area is 307 Å². The number of carbonyl (C=O) groups is 2. The van der Waals surface area contributed by atoms with Crippen LogP contribution in [0.2, 0.25) is 0 Å². The van der Waals surface area contributed by atoms with Gasteiger partial charge in [-0.15, -0.1) is 0 Å². The maximum absolute atomic E-state index is 14.7. The molecule has 0 radical (unpaired) electrons. The minimum atomic E-state index is -1.12. The van der Waals surface area contributed by atoms with Crippen LogP contribution in [-0.2, 0) is 29.9 Å². The maximum atomic E-state index is 14.7. The first kappa shape index (κ1) is 44.0. The van der Waals surface area contributed by atoms with Crippen LogP contribution < -0.4 is 0 Å². The van der Waals surface area contributed by atoms with Crippen molar-refractivity contribution in [1.82, 2.24) is 9.80 Å². The summed E-state index contributed by atoms with van der Waals surface area (Å²) in [4.78, 5) is 34.0. The molecule has 288 valence electrons. The summed E-state index contributed by atoms with van der Waals surface area (Å²) in [7, 11) is 4.26. The van der Waals surface area contributed by atoms with Crippen LogP contribution in [-0.4, -0.2) is 75.8 Å². The summed E-state index contributed by atoms with van der Waals surface area (Å²) in [6.07, 6.45) is 4.54. The van der Waals surface area contributed by atoms with E-state index >= 15 is 0 Å². The van der Waals surface area contributed by atoms with Crippen molar-refractivity contribution in [3.05, 3.63) is 28.8 Å². The lowest BCUT2D eigenvalue weighted by Crippen LogP contribution is -2.60. The van der Waals surface area contributed by atoms with Crippen molar-refractivity contribution < 1.29 is 24.2 Å². The molecule has 50 heavy (non-hydrogen) atoms. The molecule has 0 bridgehead atoms. The van der Waals surface area contributed by atoms with Gasteiger partial charge in [-0.2, -0.15) is 0 Å². The van der Waals surface area contributed by atoms with Crippen LogP contribution in [0.4, 0.5) is 0 Å². The summed E-state index contributed by atoms with van der Waals surface area (Å²) in [5, 5.41) is 11.6. The number of phenols is 1. The van der Waals surface area contributed by atoms with Crippen molar-refractivity contribution in [2.45, 2.75) is 207 Å². The lowest BCUT2D eigenvalue weighted by molar-refractivity contribution is -0.177. The molecule has 0 aromatic heterocycles. The van der Waals surface area contributed by atoms with Gasteiger partial charge in [-0.1, -0.05) is 87.3 Å². The van der Waals surface area contributed by atoms with E-state index in [0.29, 0.717) is 32.1 Å². The number of ether oxygens (including phenoxy) is 2. The molecule has 2 aliphatic rings. The third-order valence-corrected chi connectivity index (χ3v) is 11.7. The van der Waals surface area contributed by atoms with E-state index in [1.807, 2.05) is 26.0 Å². The molecule has 0 saturated carbocycles. The Morgan fingerprint density at radius 2 is 1.24 bits per heavy atom. The second-order valence-corrected chi connectivity index (χ2v) is 19.1. The highest BCUT2D eigenvalue weighted by molar-refractivity contribution is 5.96. The molecular formula is C43H76N2O5. The zero-order valence-corrected chi connectivity index (χ0v) is 35.5. The summed E-state index contributed by atoms with van der Waals surface area (Å²) in [6, 6.07) is 4.29. The highest BCUT2D eigenvalue weighted by Gasteiger charge is 2.48. The third-order valence-electron chi connectivity index (χ3n) is 11.7. The van der Waals surface area contributed by atoms with E-state index in [9.17, 15) is 14.7 Å². The predicted molar refractivity (Wildman–Crippen MR) is 208 cm³/mol. The summed E-state index contributed by atoms with van der Waals surface area (Å²) in [6.45, 7) is 33.9. The first-order valence-electron chi connectivity index (χ1n) is 19.5. The second-order valence-electron chi connectivity index (χ2n) is 19.1. The van der Waals surface area contributed by atoms with Crippen molar-refractivity contribution in [1.29, 1.82) is 0 Å².